The number of carbonyl (C=O) groups is 1. The first-order valence-corrected chi connectivity index (χ1v) is 6.70. The molecule has 0 radical (unpaired) electrons. The molecule has 0 unspecified atom stereocenters. The number of rotatable bonds is 4. The zero-order valence-electron chi connectivity index (χ0n) is 11.7. The van der Waals surface area contributed by atoms with Gasteiger partial charge in [-0.15, -0.1) is 12.4 Å². The number of amides is 1. The maximum atomic E-state index is 12.6. The summed E-state index contributed by atoms with van der Waals surface area (Å²) < 4.78 is 5.29. The van der Waals surface area contributed by atoms with E-state index in [9.17, 15) is 4.79 Å². The molecule has 0 saturated carbocycles. The lowest BCUT2D eigenvalue weighted by Crippen LogP contribution is -2.57. The van der Waals surface area contributed by atoms with Gasteiger partial charge in [-0.25, -0.2) is 0 Å². The van der Waals surface area contributed by atoms with Crippen LogP contribution in [-0.4, -0.2) is 41.1 Å². The van der Waals surface area contributed by atoms with Crippen molar-refractivity contribution in [1.29, 1.82) is 0 Å². The third-order valence-corrected chi connectivity index (χ3v) is 3.60. The quantitative estimate of drug-likeness (QED) is 0.911. The summed E-state index contributed by atoms with van der Waals surface area (Å²) in [5.74, 6) is 0.0233. The van der Waals surface area contributed by atoms with Crippen molar-refractivity contribution in [1.82, 2.24) is 9.88 Å². The van der Waals surface area contributed by atoms with Gasteiger partial charge in [-0.3, -0.25) is 9.78 Å². The molecule has 0 spiro atoms. The van der Waals surface area contributed by atoms with Gasteiger partial charge >= 0.3 is 0 Å². The molecule has 2 heterocycles. The Morgan fingerprint density at radius 2 is 2.00 bits per heavy atom. The number of hydrogen-bond donors (Lipinski definition) is 1. The Labute approximate surface area is 125 Å². The summed E-state index contributed by atoms with van der Waals surface area (Å²) in [5.41, 5.74) is 6.56. The van der Waals surface area contributed by atoms with E-state index < -0.39 is 5.54 Å². The second-order valence-corrected chi connectivity index (χ2v) is 4.94. The monoisotopic (exact) mass is 299 g/mol. The Bertz CT molecular complexity index is 422. The Kier molecular flexibility index (Phi) is 6.39. The van der Waals surface area contributed by atoms with E-state index in [1.165, 1.54) is 0 Å². The molecule has 0 atom stereocenters. The summed E-state index contributed by atoms with van der Waals surface area (Å²) in [7, 11) is 0. The number of aromatic nitrogens is 1. The molecule has 2 N–H and O–H groups in total. The summed E-state index contributed by atoms with van der Waals surface area (Å²) in [6.45, 7) is 4.34. The van der Waals surface area contributed by atoms with Crippen LogP contribution in [0, 0.1) is 0 Å². The fourth-order valence-corrected chi connectivity index (χ4v) is 2.30. The summed E-state index contributed by atoms with van der Waals surface area (Å²) in [5, 5.41) is 0. The second-order valence-electron chi connectivity index (χ2n) is 4.94. The van der Waals surface area contributed by atoms with Gasteiger partial charge < -0.3 is 15.4 Å². The van der Waals surface area contributed by atoms with E-state index in [-0.39, 0.29) is 18.3 Å². The van der Waals surface area contributed by atoms with Gasteiger partial charge in [0, 0.05) is 38.7 Å². The summed E-state index contributed by atoms with van der Waals surface area (Å²) in [6, 6.07) is 3.84. The van der Waals surface area contributed by atoms with E-state index in [4.69, 9.17) is 10.5 Å². The molecule has 0 aromatic carbocycles. The normalized spacial score (nSPS) is 17.1. The van der Waals surface area contributed by atoms with E-state index >= 15 is 0 Å². The van der Waals surface area contributed by atoms with Crippen LogP contribution in [-0.2, 0) is 16.1 Å². The Balaban J connectivity index is 0.00000200. The third-order valence-electron chi connectivity index (χ3n) is 3.60. The largest absolute Gasteiger partial charge is 0.381 e. The minimum atomic E-state index is -0.763. The molecular formula is C14H22ClN3O2. The minimum absolute atomic E-state index is 0. The van der Waals surface area contributed by atoms with Crippen molar-refractivity contribution in [2.24, 2.45) is 5.73 Å². The highest BCUT2D eigenvalue weighted by atomic mass is 35.5. The SMILES string of the molecule is CCN(Cc1ccncc1)C(=O)C1(N)CCOCC1.Cl. The molecule has 5 nitrogen and oxygen atoms in total. The first kappa shape index (κ1) is 16.9. The van der Waals surface area contributed by atoms with Gasteiger partial charge in [0.1, 0.15) is 0 Å². The number of nitrogens with two attached hydrogens (primary N) is 1. The zero-order valence-corrected chi connectivity index (χ0v) is 12.6. The van der Waals surface area contributed by atoms with E-state index in [0.29, 0.717) is 39.1 Å². The molecular weight excluding hydrogens is 278 g/mol. The van der Waals surface area contributed by atoms with Gasteiger partial charge in [-0.05, 0) is 37.5 Å². The van der Waals surface area contributed by atoms with Crippen molar-refractivity contribution in [3.63, 3.8) is 0 Å². The van der Waals surface area contributed by atoms with E-state index in [2.05, 4.69) is 4.98 Å². The lowest BCUT2D eigenvalue weighted by molar-refractivity contribution is -0.141. The lowest BCUT2D eigenvalue weighted by Gasteiger charge is -2.36. The summed E-state index contributed by atoms with van der Waals surface area (Å²) in [6.07, 6.45) is 4.66. The van der Waals surface area contributed by atoms with Crippen LogP contribution in [0.25, 0.3) is 0 Å². The molecule has 20 heavy (non-hydrogen) atoms. The van der Waals surface area contributed by atoms with Crippen LogP contribution >= 0.6 is 12.4 Å². The first-order valence-electron chi connectivity index (χ1n) is 6.70. The van der Waals surface area contributed by atoms with Crippen molar-refractivity contribution in [3.8, 4) is 0 Å². The highest BCUT2D eigenvalue weighted by Crippen LogP contribution is 2.21. The van der Waals surface area contributed by atoms with Crippen LogP contribution < -0.4 is 5.73 Å². The van der Waals surface area contributed by atoms with Crippen molar-refractivity contribution in [2.75, 3.05) is 19.8 Å². The van der Waals surface area contributed by atoms with Crippen molar-refractivity contribution >= 4 is 18.3 Å². The van der Waals surface area contributed by atoms with E-state index in [1.807, 2.05) is 19.1 Å². The third kappa shape index (κ3) is 3.91. The number of halogens is 1. The Hall–Kier alpha value is -1.17. The van der Waals surface area contributed by atoms with Gasteiger partial charge in [0.2, 0.25) is 5.91 Å². The van der Waals surface area contributed by atoms with Crippen LogP contribution in [0.1, 0.15) is 25.3 Å². The number of nitrogens with zero attached hydrogens (tertiary/aromatic N) is 2. The minimum Gasteiger partial charge on any atom is -0.381 e. The molecule has 1 saturated heterocycles. The predicted molar refractivity (Wildman–Crippen MR) is 79.5 cm³/mol. The van der Waals surface area contributed by atoms with Gasteiger partial charge in [-0.2, -0.15) is 0 Å². The summed E-state index contributed by atoms with van der Waals surface area (Å²) >= 11 is 0. The molecule has 112 valence electrons. The van der Waals surface area contributed by atoms with Gasteiger partial charge in [0.25, 0.3) is 0 Å². The fourth-order valence-electron chi connectivity index (χ4n) is 2.30. The van der Waals surface area contributed by atoms with Gasteiger partial charge in [-0.1, -0.05) is 0 Å². The van der Waals surface area contributed by atoms with Crippen molar-refractivity contribution in [3.05, 3.63) is 30.1 Å². The molecule has 0 bridgehead atoms. The maximum Gasteiger partial charge on any atom is 0.243 e. The molecule has 1 aliphatic rings. The molecule has 1 aromatic rings. The van der Waals surface area contributed by atoms with Crippen LogP contribution in [0.15, 0.2) is 24.5 Å². The van der Waals surface area contributed by atoms with Crippen LogP contribution in [0.5, 0.6) is 0 Å². The number of hydrogen-bond acceptors (Lipinski definition) is 4. The van der Waals surface area contributed by atoms with E-state index in [0.717, 1.165) is 5.56 Å². The van der Waals surface area contributed by atoms with Gasteiger partial charge in [0.05, 0.1) is 5.54 Å². The highest BCUT2D eigenvalue weighted by molar-refractivity contribution is 5.86. The number of ether oxygens (including phenoxy) is 1. The molecule has 1 amide bonds. The van der Waals surface area contributed by atoms with Crippen LogP contribution in [0.4, 0.5) is 0 Å². The number of carbonyl (C=O) groups excluding carboxylic acids is 1. The van der Waals surface area contributed by atoms with Crippen molar-refractivity contribution in [2.45, 2.75) is 31.8 Å². The molecule has 2 rings (SSSR count). The lowest BCUT2D eigenvalue weighted by atomic mass is 9.89. The average molecular weight is 300 g/mol. The smallest absolute Gasteiger partial charge is 0.243 e. The molecule has 0 aliphatic carbocycles. The Morgan fingerprint density at radius 1 is 1.40 bits per heavy atom. The molecule has 1 fully saturated rings. The number of likely N-dealkylation sites (N-methyl/N-ethyl adjacent to an activating group) is 1. The number of pyridine rings is 1. The molecule has 1 aromatic heterocycles. The van der Waals surface area contributed by atoms with Gasteiger partial charge in [0.15, 0.2) is 0 Å². The first-order chi connectivity index (χ1) is 9.15. The zero-order chi connectivity index (χ0) is 13.7. The average Bonchev–Trinajstić information content (AvgIpc) is 2.46. The van der Waals surface area contributed by atoms with Crippen LogP contribution in [0.3, 0.4) is 0 Å². The topological polar surface area (TPSA) is 68.5 Å². The highest BCUT2D eigenvalue weighted by Gasteiger charge is 2.38. The standard InChI is InChI=1S/C14H21N3O2.ClH/c1-2-17(11-12-3-7-16-8-4-12)13(18)14(15)5-9-19-10-6-14;/h3-4,7-8H,2,5-6,9-11,15H2,1H3;1H. The maximum absolute atomic E-state index is 12.6. The van der Waals surface area contributed by atoms with Crippen LogP contribution in [0.2, 0.25) is 0 Å². The molecule has 6 heteroatoms. The second kappa shape index (κ2) is 7.57. The molecule has 1 aliphatic heterocycles. The van der Waals surface area contributed by atoms with Crippen molar-refractivity contribution < 1.29 is 9.53 Å². The summed E-state index contributed by atoms with van der Waals surface area (Å²) in [4.78, 5) is 18.4. The fraction of sp³-hybridized carbons (Fsp3) is 0.571. The van der Waals surface area contributed by atoms with E-state index in [1.54, 1.807) is 17.3 Å². The predicted octanol–water partition coefficient (Wildman–Crippen LogP) is 1.36. The Morgan fingerprint density at radius 3 is 2.55 bits per heavy atom.